The molecule has 0 unspecified atom stereocenters. The highest BCUT2D eigenvalue weighted by molar-refractivity contribution is 6.30. The third-order valence-corrected chi connectivity index (χ3v) is 2.82. The zero-order chi connectivity index (χ0) is 13.1. The molecule has 2 aromatic rings. The maximum Gasteiger partial charge on any atom is 0.167 e. The van der Waals surface area contributed by atoms with Gasteiger partial charge >= 0.3 is 0 Å². The van der Waals surface area contributed by atoms with Crippen LogP contribution in [0.3, 0.4) is 0 Å². The first-order chi connectivity index (χ1) is 8.61. The Bertz CT molecular complexity index is 577. The van der Waals surface area contributed by atoms with E-state index in [0.717, 1.165) is 0 Å². The lowest BCUT2D eigenvalue weighted by Gasteiger charge is -2.10. The molecule has 2 rings (SSSR count). The average molecular weight is 268 g/mol. The van der Waals surface area contributed by atoms with Gasteiger partial charge < -0.3 is 10.1 Å². The topological polar surface area (TPSA) is 47.0 Å². The molecule has 0 bridgehead atoms. The van der Waals surface area contributed by atoms with Crippen LogP contribution in [-0.4, -0.2) is 17.1 Å². The minimum absolute atomic E-state index is 0.193. The minimum Gasteiger partial charge on any atom is -0.494 e. The summed E-state index contributed by atoms with van der Waals surface area (Å²) in [5.41, 5.74) is 1.27. The van der Waals surface area contributed by atoms with Crippen LogP contribution in [0.25, 0.3) is 0 Å². The number of hydrogen-bond acceptors (Lipinski definition) is 4. The van der Waals surface area contributed by atoms with Gasteiger partial charge in [0.15, 0.2) is 11.6 Å². The van der Waals surface area contributed by atoms with Gasteiger partial charge in [-0.15, -0.1) is 0 Å². The van der Waals surface area contributed by atoms with E-state index in [1.165, 1.54) is 25.6 Å². The molecule has 0 radical (unpaired) electrons. The molecule has 0 aliphatic rings. The van der Waals surface area contributed by atoms with Crippen LogP contribution >= 0.6 is 11.6 Å². The maximum atomic E-state index is 13.5. The van der Waals surface area contributed by atoms with Crippen molar-refractivity contribution in [3.8, 4) is 5.75 Å². The summed E-state index contributed by atoms with van der Waals surface area (Å²) in [6, 6.07) is 4.56. The van der Waals surface area contributed by atoms with E-state index in [4.69, 9.17) is 16.3 Å². The van der Waals surface area contributed by atoms with E-state index in [1.807, 2.05) is 0 Å². The van der Waals surface area contributed by atoms with Crippen molar-refractivity contribution in [2.24, 2.45) is 0 Å². The molecule has 18 heavy (non-hydrogen) atoms. The second kappa shape index (κ2) is 5.18. The predicted octanol–water partition coefficient (Wildman–Crippen LogP) is 3.33. The quantitative estimate of drug-likeness (QED) is 0.867. The number of methoxy groups -OCH3 is 1. The molecule has 6 heteroatoms. The Morgan fingerprint density at radius 2 is 2.11 bits per heavy atom. The lowest BCUT2D eigenvalue weighted by atomic mass is 10.2. The Kier molecular flexibility index (Phi) is 3.62. The fraction of sp³-hybridized carbons (Fsp3) is 0.167. The number of ether oxygens (including phenoxy) is 1. The normalized spacial score (nSPS) is 10.2. The van der Waals surface area contributed by atoms with Gasteiger partial charge in [0.1, 0.15) is 17.3 Å². The van der Waals surface area contributed by atoms with Crippen LogP contribution < -0.4 is 10.1 Å². The van der Waals surface area contributed by atoms with Crippen LogP contribution in [-0.2, 0) is 0 Å². The molecule has 0 aliphatic heterocycles. The lowest BCUT2D eigenvalue weighted by Crippen LogP contribution is -1.99. The van der Waals surface area contributed by atoms with Gasteiger partial charge in [0.25, 0.3) is 0 Å². The first-order valence-corrected chi connectivity index (χ1v) is 5.57. The molecule has 94 valence electrons. The third-order valence-electron chi connectivity index (χ3n) is 2.44. The highest BCUT2D eigenvalue weighted by Gasteiger charge is 2.07. The molecule has 1 heterocycles. The summed E-state index contributed by atoms with van der Waals surface area (Å²) < 4.78 is 18.4. The van der Waals surface area contributed by atoms with E-state index in [-0.39, 0.29) is 5.75 Å². The maximum absolute atomic E-state index is 13.5. The number of nitrogens with zero attached hydrogens (tertiary/aromatic N) is 2. The monoisotopic (exact) mass is 267 g/mol. The number of nitrogens with one attached hydrogen (secondary N) is 1. The van der Waals surface area contributed by atoms with Gasteiger partial charge in [-0.3, -0.25) is 0 Å². The standard InChI is InChI=1S/C12H11ClFN3O/c1-7-11(13)15-6-16-12(7)17-8-3-4-10(18-2)9(14)5-8/h3-6H,1-2H3,(H,15,16,17). The van der Waals surface area contributed by atoms with Crippen LogP contribution in [0.2, 0.25) is 5.15 Å². The van der Waals surface area contributed by atoms with Gasteiger partial charge in [-0.25, -0.2) is 14.4 Å². The number of hydrogen-bond donors (Lipinski definition) is 1. The summed E-state index contributed by atoms with van der Waals surface area (Å²) in [4.78, 5) is 7.89. The summed E-state index contributed by atoms with van der Waals surface area (Å²) in [5, 5.41) is 3.34. The van der Waals surface area contributed by atoms with Crippen LogP contribution in [0.15, 0.2) is 24.5 Å². The van der Waals surface area contributed by atoms with Gasteiger partial charge in [0.05, 0.1) is 7.11 Å². The van der Waals surface area contributed by atoms with E-state index >= 15 is 0 Å². The SMILES string of the molecule is COc1ccc(Nc2ncnc(Cl)c2C)cc1F. The summed E-state index contributed by atoms with van der Waals surface area (Å²) >= 11 is 5.87. The molecule has 1 aromatic heterocycles. The van der Waals surface area contributed by atoms with Crippen molar-refractivity contribution < 1.29 is 9.13 Å². The molecule has 1 N–H and O–H groups in total. The Labute approximate surface area is 109 Å². The van der Waals surface area contributed by atoms with Crippen molar-refractivity contribution in [1.29, 1.82) is 0 Å². The summed E-state index contributed by atoms with van der Waals surface area (Å²) in [6.45, 7) is 1.78. The summed E-state index contributed by atoms with van der Waals surface area (Å²) in [7, 11) is 1.42. The lowest BCUT2D eigenvalue weighted by molar-refractivity contribution is 0.386. The first kappa shape index (κ1) is 12.6. The van der Waals surface area contributed by atoms with Crippen molar-refractivity contribution in [3.05, 3.63) is 41.1 Å². The number of anilines is 2. The Balaban J connectivity index is 2.29. The third kappa shape index (κ3) is 2.51. The van der Waals surface area contributed by atoms with Crippen LogP contribution in [0.4, 0.5) is 15.9 Å². The number of halogens is 2. The molecule has 0 spiro atoms. The second-order valence-corrected chi connectivity index (χ2v) is 3.97. The average Bonchev–Trinajstić information content (AvgIpc) is 2.35. The molecular weight excluding hydrogens is 257 g/mol. The van der Waals surface area contributed by atoms with Crippen LogP contribution in [0.1, 0.15) is 5.56 Å². The van der Waals surface area contributed by atoms with Crippen molar-refractivity contribution >= 4 is 23.1 Å². The van der Waals surface area contributed by atoms with E-state index < -0.39 is 5.82 Å². The van der Waals surface area contributed by atoms with E-state index in [0.29, 0.717) is 22.2 Å². The van der Waals surface area contributed by atoms with Crippen LogP contribution in [0, 0.1) is 12.7 Å². The highest BCUT2D eigenvalue weighted by atomic mass is 35.5. The largest absolute Gasteiger partial charge is 0.494 e. The van der Waals surface area contributed by atoms with Gasteiger partial charge in [-0.2, -0.15) is 0 Å². The van der Waals surface area contributed by atoms with Gasteiger partial charge in [0.2, 0.25) is 0 Å². The van der Waals surface area contributed by atoms with E-state index in [2.05, 4.69) is 15.3 Å². The molecule has 0 atom stereocenters. The molecule has 1 aromatic carbocycles. The molecule has 0 fully saturated rings. The fourth-order valence-corrected chi connectivity index (χ4v) is 1.57. The van der Waals surface area contributed by atoms with Crippen molar-refractivity contribution in [2.75, 3.05) is 12.4 Å². The molecule has 0 saturated heterocycles. The molecular formula is C12H11ClFN3O. The van der Waals surface area contributed by atoms with Crippen molar-refractivity contribution in [2.45, 2.75) is 6.92 Å². The predicted molar refractivity (Wildman–Crippen MR) is 68.0 cm³/mol. The molecule has 4 nitrogen and oxygen atoms in total. The van der Waals surface area contributed by atoms with E-state index in [9.17, 15) is 4.39 Å². The highest BCUT2D eigenvalue weighted by Crippen LogP contribution is 2.25. The zero-order valence-corrected chi connectivity index (χ0v) is 10.6. The smallest absolute Gasteiger partial charge is 0.167 e. The Morgan fingerprint density at radius 1 is 1.33 bits per heavy atom. The number of rotatable bonds is 3. The van der Waals surface area contributed by atoms with Gasteiger partial charge in [0, 0.05) is 17.3 Å². The van der Waals surface area contributed by atoms with Crippen LogP contribution in [0.5, 0.6) is 5.75 Å². The number of benzene rings is 1. The van der Waals surface area contributed by atoms with Crippen molar-refractivity contribution in [3.63, 3.8) is 0 Å². The fourth-order valence-electron chi connectivity index (χ4n) is 1.44. The Morgan fingerprint density at radius 3 is 2.78 bits per heavy atom. The Hall–Kier alpha value is -1.88. The summed E-state index contributed by atoms with van der Waals surface area (Å²) in [5.74, 6) is 0.290. The zero-order valence-electron chi connectivity index (χ0n) is 9.87. The van der Waals surface area contributed by atoms with Gasteiger partial charge in [-0.05, 0) is 19.1 Å². The van der Waals surface area contributed by atoms with E-state index in [1.54, 1.807) is 13.0 Å². The molecule has 0 saturated carbocycles. The van der Waals surface area contributed by atoms with Crippen molar-refractivity contribution in [1.82, 2.24) is 9.97 Å². The number of aromatic nitrogens is 2. The minimum atomic E-state index is -0.444. The molecule has 0 amide bonds. The second-order valence-electron chi connectivity index (χ2n) is 3.61. The van der Waals surface area contributed by atoms with Gasteiger partial charge in [-0.1, -0.05) is 11.6 Å². The molecule has 0 aliphatic carbocycles. The first-order valence-electron chi connectivity index (χ1n) is 5.19. The summed E-state index contributed by atoms with van der Waals surface area (Å²) in [6.07, 6.45) is 1.34.